The minimum absolute atomic E-state index is 0. The summed E-state index contributed by atoms with van der Waals surface area (Å²) in [6, 6.07) is 38.7. The summed E-state index contributed by atoms with van der Waals surface area (Å²) >= 11 is 0. The third kappa shape index (κ3) is 5.20. The SMILES string of the molecule is [Ir].[c-]1ccc(-c2ccccc2)cc1-c1ncccn1.[c-]1cccc2ccc3cccnc3c12. The van der Waals surface area contributed by atoms with Crippen molar-refractivity contribution >= 4 is 21.7 Å². The predicted molar refractivity (Wildman–Crippen MR) is 130 cm³/mol. The number of benzene rings is 4. The van der Waals surface area contributed by atoms with Gasteiger partial charge in [0.25, 0.3) is 0 Å². The molecule has 2 heterocycles. The van der Waals surface area contributed by atoms with E-state index >= 15 is 0 Å². The Bertz CT molecular complexity index is 1360. The van der Waals surface area contributed by atoms with Gasteiger partial charge < -0.3 is 4.98 Å². The normalized spacial score (nSPS) is 10.2. The number of nitrogens with zero attached hydrogens (tertiary/aromatic N) is 3. The van der Waals surface area contributed by atoms with E-state index in [1.54, 1.807) is 12.4 Å². The van der Waals surface area contributed by atoms with Crippen LogP contribution in [0.1, 0.15) is 0 Å². The van der Waals surface area contributed by atoms with E-state index < -0.39 is 0 Å². The van der Waals surface area contributed by atoms with Gasteiger partial charge in [0, 0.05) is 38.7 Å². The summed E-state index contributed by atoms with van der Waals surface area (Å²) in [6.07, 6.45) is 5.30. The topological polar surface area (TPSA) is 38.7 Å². The molecule has 0 bridgehead atoms. The molecule has 0 aliphatic carbocycles. The maximum Gasteiger partial charge on any atom is 0.0748 e. The van der Waals surface area contributed by atoms with Crippen LogP contribution in [-0.4, -0.2) is 15.0 Å². The molecule has 0 fully saturated rings. The second-order valence-electron chi connectivity index (χ2n) is 7.20. The number of hydrogen-bond donors (Lipinski definition) is 0. The Hall–Kier alpha value is -3.72. The minimum Gasteiger partial charge on any atom is -0.304 e. The van der Waals surface area contributed by atoms with Gasteiger partial charge >= 0.3 is 0 Å². The molecule has 4 heteroatoms. The Morgan fingerprint density at radius 3 is 2.15 bits per heavy atom. The maximum atomic E-state index is 4.38. The van der Waals surface area contributed by atoms with Crippen molar-refractivity contribution in [3.8, 4) is 22.5 Å². The van der Waals surface area contributed by atoms with E-state index in [1.165, 1.54) is 16.3 Å². The van der Waals surface area contributed by atoms with Gasteiger partial charge in [0.15, 0.2) is 0 Å². The van der Waals surface area contributed by atoms with E-state index in [2.05, 4.69) is 69.5 Å². The van der Waals surface area contributed by atoms with Crippen molar-refractivity contribution in [2.45, 2.75) is 0 Å². The van der Waals surface area contributed by atoms with Crippen LogP contribution in [0.3, 0.4) is 0 Å². The van der Waals surface area contributed by atoms with Gasteiger partial charge in [0.2, 0.25) is 0 Å². The van der Waals surface area contributed by atoms with Gasteiger partial charge in [-0.15, -0.1) is 70.4 Å². The largest absolute Gasteiger partial charge is 0.304 e. The van der Waals surface area contributed by atoms with Crippen molar-refractivity contribution in [3.05, 3.63) is 128 Å². The van der Waals surface area contributed by atoms with Crippen LogP contribution in [0.4, 0.5) is 0 Å². The summed E-state index contributed by atoms with van der Waals surface area (Å²) in [5.74, 6) is 0.704. The fourth-order valence-electron chi connectivity index (χ4n) is 3.58. The van der Waals surface area contributed by atoms with Crippen LogP contribution in [0.5, 0.6) is 0 Å². The molecule has 3 nitrogen and oxygen atoms in total. The predicted octanol–water partition coefficient (Wildman–Crippen LogP) is 6.80. The Labute approximate surface area is 206 Å². The molecule has 33 heavy (non-hydrogen) atoms. The first-order valence-corrected chi connectivity index (χ1v) is 10.4. The Balaban J connectivity index is 0.000000157. The smallest absolute Gasteiger partial charge is 0.0748 e. The summed E-state index contributed by atoms with van der Waals surface area (Å²) in [7, 11) is 0. The number of fused-ring (bicyclic) bond motifs is 3. The molecule has 0 N–H and O–H groups in total. The van der Waals surface area contributed by atoms with Crippen molar-refractivity contribution < 1.29 is 20.1 Å². The van der Waals surface area contributed by atoms with Gasteiger partial charge in [-0.1, -0.05) is 48.5 Å². The fraction of sp³-hybridized carbons (Fsp3) is 0. The van der Waals surface area contributed by atoms with E-state index in [9.17, 15) is 0 Å². The number of hydrogen-bond acceptors (Lipinski definition) is 3. The van der Waals surface area contributed by atoms with E-state index in [1.807, 2.05) is 60.8 Å². The third-order valence-corrected chi connectivity index (χ3v) is 5.12. The van der Waals surface area contributed by atoms with E-state index in [-0.39, 0.29) is 20.1 Å². The Kier molecular flexibility index (Phi) is 7.31. The molecular formula is C29H19IrN3-2. The molecule has 0 aliphatic rings. The van der Waals surface area contributed by atoms with Crippen LogP contribution in [0.15, 0.2) is 116 Å². The monoisotopic (exact) mass is 602 g/mol. The third-order valence-electron chi connectivity index (χ3n) is 5.12. The van der Waals surface area contributed by atoms with Crippen molar-refractivity contribution in [1.82, 2.24) is 15.0 Å². The Morgan fingerprint density at radius 1 is 0.545 bits per heavy atom. The summed E-state index contributed by atoms with van der Waals surface area (Å²) < 4.78 is 0. The zero-order chi connectivity index (χ0) is 21.6. The van der Waals surface area contributed by atoms with Gasteiger partial charge in [-0.2, -0.15) is 0 Å². The Morgan fingerprint density at radius 2 is 1.30 bits per heavy atom. The van der Waals surface area contributed by atoms with E-state index in [0.29, 0.717) is 5.82 Å². The molecule has 6 rings (SSSR count). The van der Waals surface area contributed by atoms with Crippen LogP contribution in [0.25, 0.3) is 44.2 Å². The van der Waals surface area contributed by atoms with Crippen LogP contribution < -0.4 is 0 Å². The molecule has 0 saturated heterocycles. The minimum atomic E-state index is 0. The second-order valence-corrected chi connectivity index (χ2v) is 7.20. The zero-order valence-electron chi connectivity index (χ0n) is 17.6. The second kappa shape index (κ2) is 10.7. The fourth-order valence-corrected chi connectivity index (χ4v) is 3.58. The molecule has 2 aromatic heterocycles. The van der Waals surface area contributed by atoms with Gasteiger partial charge in [0.05, 0.1) is 5.82 Å². The molecule has 0 amide bonds. The summed E-state index contributed by atoms with van der Waals surface area (Å²) in [6.45, 7) is 0. The molecule has 161 valence electrons. The molecule has 0 unspecified atom stereocenters. The standard InChI is InChI=1S/C16H11N2.C13H8N.Ir/c1-2-6-13(7-3-1)14-8-4-9-15(12-14)16-17-10-5-11-18-16;1-2-6-12-10(4-1)7-8-11-5-3-9-14-13(11)12;/h1-8,10-12H;1-5,7-9H;/q2*-1;. The first kappa shape index (κ1) is 22.5. The number of pyridine rings is 1. The van der Waals surface area contributed by atoms with Crippen LogP contribution in [0, 0.1) is 12.1 Å². The molecule has 4 aromatic carbocycles. The van der Waals surface area contributed by atoms with Gasteiger partial charge in [-0.3, -0.25) is 9.97 Å². The van der Waals surface area contributed by atoms with Gasteiger partial charge in [-0.05, 0) is 28.6 Å². The number of rotatable bonds is 2. The first-order chi connectivity index (χ1) is 15.9. The van der Waals surface area contributed by atoms with Crippen molar-refractivity contribution in [2.75, 3.05) is 0 Å². The summed E-state index contributed by atoms with van der Waals surface area (Å²) in [5.41, 5.74) is 4.28. The van der Waals surface area contributed by atoms with Crippen LogP contribution in [-0.2, 0) is 20.1 Å². The molecule has 6 aromatic rings. The summed E-state index contributed by atoms with van der Waals surface area (Å²) in [4.78, 5) is 12.9. The quantitative estimate of drug-likeness (QED) is 0.162. The van der Waals surface area contributed by atoms with E-state index in [0.717, 1.165) is 22.0 Å². The molecule has 1 radical (unpaired) electrons. The molecule has 0 saturated carbocycles. The molecule has 0 spiro atoms. The van der Waals surface area contributed by atoms with Crippen molar-refractivity contribution in [1.29, 1.82) is 0 Å². The van der Waals surface area contributed by atoms with E-state index in [4.69, 9.17) is 0 Å². The van der Waals surface area contributed by atoms with Crippen molar-refractivity contribution in [3.63, 3.8) is 0 Å². The zero-order valence-corrected chi connectivity index (χ0v) is 20.0. The maximum absolute atomic E-state index is 4.38. The van der Waals surface area contributed by atoms with Gasteiger partial charge in [0.1, 0.15) is 0 Å². The molecular weight excluding hydrogens is 583 g/mol. The van der Waals surface area contributed by atoms with Gasteiger partial charge in [-0.25, -0.2) is 0 Å². The average molecular weight is 602 g/mol. The van der Waals surface area contributed by atoms with Crippen molar-refractivity contribution in [2.24, 2.45) is 0 Å². The molecule has 0 aliphatic heterocycles. The summed E-state index contributed by atoms with van der Waals surface area (Å²) in [5, 5.41) is 3.46. The first-order valence-electron chi connectivity index (χ1n) is 10.4. The van der Waals surface area contributed by atoms with Crippen LogP contribution >= 0.6 is 0 Å². The van der Waals surface area contributed by atoms with Crippen LogP contribution in [0.2, 0.25) is 0 Å². The average Bonchev–Trinajstić information content (AvgIpc) is 2.90. The number of aromatic nitrogens is 3. The molecule has 0 atom stereocenters.